The van der Waals surface area contributed by atoms with Gasteiger partial charge in [0.2, 0.25) is 5.88 Å². The van der Waals surface area contributed by atoms with Gasteiger partial charge in [-0.3, -0.25) is 4.79 Å². The van der Waals surface area contributed by atoms with Crippen LogP contribution in [0.1, 0.15) is 35.3 Å². The highest BCUT2D eigenvalue weighted by molar-refractivity contribution is 5.99. The van der Waals surface area contributed by atoms with Gasteiger partial charge in [0.15, 0.2) is 0 Å². The van der Waals surface area contributed by atoms with E-state index in [9.17, 15) is 9.90 Å². The molecule has 0 bridgehead atoms. The Morgan fingerprint density at radius 3 is 2.85 bits per heavy atom. The highest BCUT2D eigenvalue weighted by Gasteiger charge is 2.23. The fraction of sp³-hybridized carbons (Fsp3) is 0.333. The number of hydrogen-bond donors (Lipinski definition) is 2. The van der Waals surface area contributed by atoms with Crippen LogP contribution in [0, 0.1) is 12.8 Å². The molecule has 0 saturated carbocycles. The van der Waals surface area contributed by atoms with E-state index in [0.717, 1.165) is 16.6 Å². The number of nitrogens with one attached hydrogen (secondary N) is 1. The predicted molar refractivity (Wildman–Crippen MR) is 103 cm³/mol. The molecule has 1 amide bonds. The Morgan fingerprint density at radius 1 is 1.30 bits per heavy atom. The van der Waals surface area contributed by atoms with E-state index in [4.69, 9.17) is 4.74 Å². The van der Waals surface area contributed by atoms with Crippen LogP contribution in [-0.4, -0.2) is 33.4 Å². The van der Waals surface area contributed by atoms with Crippen molar-refractivity contribution in [3.8, 4) is 11.6 Å². The van der Waals surface area contributed by atoms with Gasteiger partial charge >= 0.3 is 0 Å². The van der Waals surface area contributed by atoms with Crippen molar-refractivity contribution < 1.29 is 14.6 Å². The molecule has 1 aliphatic rings. The summed E-state index contributed by atoms with van der Waals surface area (Å²) in [6.07, 6.45) is 0. The summed E-state index contributed by atoms with van der Waals surface area (Å²) in [5, 5.41) is 17.9. The third kappa shape index (κ3) is 3.06. The van der Waals surface area contributed by atoms with Crippen molar-refractivity contribution in [3.63, 3.8) is 0 Å². The van der Waals surface area contributed by atoms with Crippen LogP contribution >= 0.6 is 0 Å². The van der Waals surface area contributed by atoms with E-state index >= 15 is 0 Å². The third-order valence-corrected chi connectivity index (χ3v) is 5.04. The number of aliphatic hydroxyl groups is 1. The summed E-state index contributed by atoms with van der Waals surface area (Å²) in [6.45, 7) is 6.40. The Morgan fingerprint density at radius 2 is 2.11 bits per heavy atom. The number of rotatable bonds is 4. The molecule has 4 rings (SSSR count). The maximum Gasteiger partial charge on any atom is 0.251 e. The summed E-state index contributed by atoms with van der Waals surface area (Å²) in [5.74, 6) is 0.632. The number of carbonyl (C=O) groups is 1. The van der Waals surface area contributed by atoms with Crippen molar-refractivity contribution in [1.82, 2.24) is 15.1 Å². The quantitative estimate of drug-likeness (QED) is 0.745. The van der Waals surface area contributed by atoms with Crippen LogP contribution in [0.3, 0.4) is 0 Å². The summed E-state index contributed by atoms with van der Waals surface area (Å²) < 4.78 is 7.74. The molecule has 3 aromatic rings. The number of aromatic nitrogens is 2. The van der Waals surface area contributed by atoms with Crippen molar-refractivity contribution >= 4 is 16.8 Å². The van der Waals surface area contributed by atoms with Crippen molar-refractivity contribution in [2.75, 3.05) is 6.61 Å². The number of ether oxygens (including phenoxy) is 1. The maximum atomic E-state index is 12.6. The van der Waals surface area contributed by atoms with Crippen LogP contribution in [0.15, 0.2) is 36.4 Å². The molecule has 0 saturated heterocycles. The molecule has 27 heavy (non-hydrogen) atoms. The number of amides is 1. The van der Waals surface area contributed by atoms with Crippen LogP contribution in [0.4, 0.5) is 0 Å². The Hall–Kier alpha value is -2.86. The SMILES string of the molecule is Cc1ccc2c(c1)COc1c3ccc(C(=O)N[C@@H](CO)C(C)C)cc3nn1-2. The first kappa shape index (κ1) is 17.5. The lowest BCUT2D eigenvalue weighted by Crippen LogP contribution is -2.41. The first-order valence-corrected chi connectivity index (χ1v) is 9.15. The minimum Gasteiger partial charge on any atom is -0.472 e. The van der Waals surface area contributed by atoms with Crippen molar-refractivity contribution in [3.05, 3.63) is 53.1 Å². The Labute approximate surface area is 157 Å². The van der Waals surface area contributed by atoms with E-state index in [1.165, 1.54) is 5.56 Å². The fourth-order valence-electron chi connectivity index (χ4n) is 3.36. The minimum absolute atomic E-state index is 0.0888. The van der Waals surface area contributed by atoms with Crippen LogP contribution in [-0.2, 0) is 6.61 Å². The highest BCUT2D eigenvalue weighted by atomic mass is 16.5. The molecule has 1 atom stereocenters. The zero-order valence-electron chi connectivity index (χ0n) is 15.7. The first-order chi connectivity index (χ1) is 13.0. The van der Waals surface area contributed by atoms with Gasteiger partial charge in [0.05, 0.1) is 29.2 Å². The van der Waals surface area contributed by atoms with Crippen LogP contribution < -0.4 is 10.1 Å². The molecular weight excluding hydrogens is 342 g/mol. The predicted octanol–water partition coefficient (Wildman–Crippen LogP) is 2.97. The van der Waals surface area contributed by atoms with Gasteiger partial charge in [-0.2, -0.15) is 9.78 Å². The molecule has 0 unspecified atom stereocenters. The Bertz CT molecular complexity index is 1020. The lowest BCUT2D eigenvalue weighted by Gasteiger charge is -2.20. The van der Waals surface area contributed by atoms with Gasteiger partial charge in [-0.1, -0.05) is 31.5 Å². The number of nitrogens with zero attached hydrogens (tertiary/aromatic N) is 2. The highest BCUT2D eigenvalue weighted by Crippen LogP contribution is 2.34. The second-order valence-corrected chi connectivity index (χ2v) is 7.38. The first-order valence-electron chi connectivity index (χ1n) is 9.15. The number of aryl methyl sites for hydroxylation is 1. The zero-order chi connectivity index (χ0) is 19.1. The molecule has 6 heteroatoms. The van der Waals surface area contributed by atoms with Gasteiger partial charge in [-0.15, -0.1) is 0 Å². The van der Waals surface area contributed by atoms with Gasteiger partial charge < -0.3 is 15.2 Å². The van der Waals surface area contributed by atoms with E-state index < -0.39 is 0 Å². The summed E-state index contributed by atoms with van der Waals surface area (Å²) in [5.41, 5.74) is 4.50. The maximum absolute atomic E-state index is 12.6. The number of benzene rings is 2. The minimum atomic E-state index is -0.276. The third-order valence-electron chi connectivity index (χ3n) is 5.04. The molecule has 2 N–H and O–H groups in total. The standard InChI is InChI=1S/C21H23N3O3/c1-12(2)18(10-25)22-20(26)14-5-6-16-17(9-14)23-24-19-7-4-13(3)8-15(19)11-27-21(16)24/h4-9,12,18,25H,10-11H2,1-3H3,(H,22,26)/t18-/m0/s1. The van der Waals surface area contributed by atoms with E-state index in [-0.39, 0.29) is 24.5 Å². The number of aliphatic hydroxyl groups excluding tert-OH is 1. The molecule has 2 aromatic carbocycles. The monoisotopic (exact) mass is 365 g/mol. The van der Waals surface area contributed by atoms with Gasteiger partial charge in [-0.05, 0) is 37.1 Å². The normalized spacial score (nSPS) is 13.8. The van der Waals surface area contributed by atoms with Crippen LogP contribution in [0.2, 0.25) is 0 Å². The van der Waals surface area contributed by atoms with Crippen molar-refractivity contribution in [2.24, 2.45) is 5.92 Å². The van der Waals surface area contributed by atoms with E-state index in [1.54, 1.807) is 16.8 Å². The topological polar surface area (TPSA) is 76.4 Å². The zero-order valence-corrected chi connectivity index (χ0v) is 15.7. The van der Waals surface area contributed by atoms with Gasteiger partial charge in [0.1, 0.15) is 6.61 Å². The summed E-state index contributed by atoms with van der Waals surface area (Å²) in [6, 6.07) is 11.3. The number of carbonyl (C=O) groups excluding carboxylic acids is 1. The van der Waals surface area contributed by atoms with Crippen molar-refractivity contribution in [2.45, 2.75) is 33.4 Å². The van der Waals surface area contributed by atoms with E-state index in [0.29, 0.717) is 23.6 Å². The fourth-order valence-corrected chi connectivity index (χ4v) is 3.36. The number of fused-ring (bicyclic) bond motifs is 5. The number of hydrogen-bond acceptors (Lipinski definition) is 4. The van der Waals surface area contributed by atoms with Crippen LogP contribution in [0.25, 0.3) is 16.6 Å². The second kappa shape index (κ2) is 6.70. The average molecular weight is 365 g/mol. The smallest absolute Gasteiger partial charge is 0.251 e. The van der Waals surface area contributed by atoms with E-state index in [2.05, 4.69) is 29.5 Å². The average Bonchev–Trinajstić information content (AvgIpc) is 3.03. The summed E-state index contributed by atoms with van der Waals surface area (Å²) in [4.78, 5) is 12.6. The van der Waals surface area contributed by atoms with Gasteiger partial charge in [-0.25, -0.2) is 0 Å². The summed E-state index contributed by atoms with van der Waals surface area (Å²) >= 11 is 0. The molecule has 1 aliphatic heterocycles. The molecule has 0 spiro atoms. The largest absolute Gasteiger partial charge is 0.472 e. The van der Waals surface area contributed by atoms with E-state index in [1.807, 2.05) is 26.0 Å². The lowest BCUT2D eigenvalue weighted by molar-refractivity contribution is 0.0897. The Kier molecular flexibility index (Phi) is 4.36. The molecular formula is C21H23N3O3. The summed E-state index contributed by atoms with van der Waals surface area (Å²) in [7, 11) is 0. The Balaban J connectivity index is 1.71. The molecule has 2 heterocycles. The van der Waals surface area contributed by atoms with Crippen LogP contribution in [0.5, 0.6) is 5.88 Å². The second-order valence-electron chi connectivity index (χ2n) is 7.38. The van der Waals surface area contributed by atoms with Gasteiger partial charge in [0.25, 0.3) is 5.91 Å². The lowest BCUT2D eigenvalue weighted by atomic mass is 10.0. The molecule has 0 aliphatic carbocycles. The molecule has 0 fully saturated rings. The van der Waals surface area contributed by atoms with Crippen molar-refractivity contribution in [1.29, 1.82) is 0 Å². The van der Waals surface area contributed by atoms with Gasteiger partial charge in [0, 0.05) is 11.1 Å². The molecule has 1 aromatic heterocycles. The molecule has 6 nitrogen and oxygen atoms in total. The molecule has 140 valence electrons. The molecule has 0 radical (unpaired) electrons.